The quantitative estimate of drug-likeness (QED) is 0.0954. The molecule has 15 nitrogen and oxygen atoms in total. The number of fused-ring (bicyclic) bond motifs is 3. The van der Waals surface area contributed by atoms with Gasteiger partial charge in [0.05, 0.1) is 35.3 Å². The number of amides is 3. The molecular weight excluding hydrogens is 950 g/mol. The lowest BCUT2D eigenvalue weighted by molar-refractivity contribution is -0.144. The van der Waals surface area contributed by atoms with Gasteiger partial charge in [0.15, 0.2) is 15.7 Å². The van der Waals surface area contributed by atoms with Crippen molar-refractivity contribution in [1.82, 2.24) is 30.3 Å². The summed E-state index contributed by atoms with van der Waals surface area (Å²) in [5, 5.41) is 27.0. The van der Waals surface area contributed by atoms with E-state index in [9.17, 15) is 32.7 Å². The molecule has 5 aromatic rings. The van der Waals surface area contributed by atoms with E-state index in [-0.39, 0.29) is 54.4 Å². The van der Waals surface area contributed by atoms with Crippen molar-refractivity contribution in [1.29, 1.82) is 0 Å². The highest BCUT2D eigenvalue weighted by atomic mass is 35.5. The third-order valence-electron chi connectivity index (χ3n) is 13.5. The summed E-state index contributed by atoms with van der Waals surface area (Å²) in [6.07, 6.45) is 2.19. The highest BCUT2D eigenvalue weighted by Crippen LogP contribution is 2.41. The molecule has 0 bridgehead atoms. The van der Waals surface area contributed by atoms with Gasteiger partial charge in [-0.05, 0) is 105 Å². The third-order valence-corrected chi connectivity index (χ3v) is 16.1. The average molecular weight is 1010 g/mol. The Morgan fingerprint density at radius 3 is 2.23 bits per heavy atom. The number of aliphatic hydroxyl groups is 1. The number of nitrogens with one attached hydrogen (secondary N) is 2. The number of aromatic nitrogens is 3. The van der Waals surface area contributed by atoms with Crippen molar-refractivity contribution in [3.63, 3.8) is 0 Å². The maximum atomic E-state index is 14.2. The van der Waals surface area contributed by atoms with Crippen LogP contribution in [-0.4, -0.2) is 99.5 Å². The molecule has 0 unspecified atom stereocenters. The van der Waals surface area contributed by atoms with Crippen LogP contribution in [0.4, 0.5) is 0 Å². The number of likely N-dealkylation sites (tertiary alicyclic amines) is 1. The van der Waals surface area contributed by atoms with E-state index in [1.807, 2.05) is 76.2 Å². The molecule has 1 saturated heterocycles. The summed E-state index contributed by atoms with van der Waals surface area (Å²) in [5.74, 6) is 0.982. The molecule has 2 fully saturated rings. The first kappa shape index (κ1) is 50.6. The molecule has 370 valence electrons. The second kappa shape index (κ2) is 20.2. The number of carbonyl (C=O) groups is 4. The SMILES string of the molecule is Cc1sc2c(c1C)C(c1ccc(Cl)cc1)=N[C@@H](CC(=O)CC1CC(Oc3ccc(CC(=O)N[C@H](C(=O)N4C[C@H](O)C[C@H]4C(=O)N[C@@H](C)c4ccc(S(C)(=O)=O)cc4)C(C)(C)C)cc3)C1)c1nnc(C)n1-2. The minimum absolute atomic E-state index is 0.00842. The van der Waals surface area contributed by atoms with Gasteiger partial charge in [0.1, 0.15) is 40.5 Å². The van der Waals surface area contributed by atoms with Crippen molar-refractivity contribution in [3.05, 3.63) is 122 Å². The minimum Gasteiger partial charge on any atom is -0.490 e. The van der Waals surface area contributed by atoms with Crippen LogP contribution in [-0.2, 0) is 35.4 Å². The van der Waals surface area contributed by atoms with Crippen molar-refractivity contribution in [2.24, 2.45) is 16.3 Å². The van der Waals surface area contributed by atoms with Crippen LogP contribution >= 0.6 is 22.9 Å². The monoisotopic (exact) mass is 1010 g/mol. The van der Waals surface area contributed by atoms with Crippen molar-refractivity contribution in [3.8, 4) is 10.8 Å². The van der Waals surface area contributed by atoms with Crippen molar-refractivity contribution >= 4 is 62.0 Å². The molecule has 1 saturated carbocycles. The minimum atomic E-state index is -3.39. The summed E-state index contributed by atoms with van der Waals surface area (Å²) in [6, 6.07) is 18.1. The van der Waals surface area contributed by atoms with Crippen LogP contribution in [0.3, 0.4) is 0 Å². The number of sulfone groups is 1. The highest BCUT2D eigenvalue weighted by Gasteiger charge is 2.45. The molecule has 1 aliphatic carbocycles. The molecule has 0 spiro atoms. The molecule has 18 heteroatoms. The number of aryl methyl sites for hydroxylation is 2. The molecule has 3 N–H and O–H groups in total. The number of aliphatic imine (C=N–C) groups is 1. The Balaban J connectivity index is 0.837. The second-order valence-corrected chi connectivity index (χ2v) is 23.7. The fourth-order valence-electron chi connectivity index (χ4n) is 9.48. The smallest absolute Gasteiger partial charge is 0.246 e. The first-order valence-corrected chi connectivity index (χ1v) is 26.6. The molecular formula is C52H60ClN7O8S2. The van der Waals surface area contributed by atoms with Crippen LogP contribution in [0.2, 0.25) is 5.02 Å². The molecule has 3 amide bonds. The van der Waals surface area contributed by atoms with E-state index in [1.54, 1.807) is 30.4 Å². The lowest BCUT2D eigenvalue weighted by atomic mass is 9.78. The normalized spacial score (nSPS) is 20.8. The van der Waals surface area contributed by atoms with Gasteiger partial charge in [0.2, 0.25) is 17.7 Å². The van der Waals surface area contributed by atoms with Crippen molar-refractivity contribution < 1.29 is 37.4 Å². The molecule has 2 aromatic heterocycles. The van der Waals surface area contributed by atoms with E-state index in [0.717, 1.165) is 52.3 Å². The number of benzene rings is 3. The van der Waals surface area contributed by atoms with Gasteiger partial charge in [-0.15, -0.1) is 21.5 Å². The van der Waals surface area contributed by atoms with Crippen LogP contribution in [0.5, 0.6) is 5.75 Å². The van der Waals surface area contributed by atoms with Crippen LogP contribution < -0.4 is 15.4 Å². The number of rotatable bonds is 15. The van der Waals surface area contributed by atoms with Gasteiger partial charge in [-0.3, -0.25) is 28.7 Å². The van der Waals surface area contributed by atoms with E-state index in [4.69, 9.17) is 21.3 Å². The Morgan fingerprint density at radius 1 is 0.914 bits per heavy atom. The number of hydrogen-bond donors (Lipinski definition) is 3. The first-order valence-electron chi connectivity index (χ1n) is 23.6. The number of hydrogen-bond acceptors (Lipinski definition) is 12. The first-order chi connectivity index (χ1) is 33.0. The Morgan fingerprint density at radius 2 is 1.59 bits per heavy atom. The lowest BCUT2D eigenvalue weighted by Gasteiger charge is -2.35. The number of ketones is 1. The fourth-order valence-corrected chi connectivity index (χ4v) is 11.5. The van der Waals surface area contributed by atoms with Gasteiger partial charge in [-0.1, -0.05) is 68.8 Å². The standard InChI is InChI=1S/C52H60ClN7O8S2/c1-28-30(3)69-51-45(28)46(35-11-15-36(53)16-12-35)55-42(48-58-57-31(4)60(48)51)25-37(61)21-33-22-40(23-33)68-39-17-9-32(10-18-39)24-44(63)56-47(52(5,6)7)50(65)59-27-38(62)26-43(59)49(64)54-29(2)34-13-19-41(20-14-34)70(8,66)67/h9-20,29,33,38,40,42-43,47,62H,21-27H2,1-8H3,(H,54,64)(H,56,63)/t29-,33?,38+,40?,42-,43-,47+/m0/s1. The average Bonchev–Trinajstić information content (AvgIpc) is 3.94. The van der Waals surface area contributed by atoms with Gasteiger partial charge in [-0.25, -0.2) is 8.42 Å². The highest BCUT2D eigenvalue weighted by molar-refractivity contribution is 7.90. The number of carbonyl (C=O) groups excluding carboxylic acids is 4. The lowest BCUT2D eigenvalue weighted by Crippen LogP contribution is -2.58. The van der Waals surface area contributed by atoms with Crippen molar-refractivity contribution in [2.75, 3.05) is 12.8 Å². The van der Waals surface area contributed by atoms with Crippen LogP contribution in [0.15, 0.2) is 82.7 Å². The van der Waals surface area contributed by atoms with Crippen LogP contribution in [0.1, 0.15) is 116 Å². The van der Waals surface area contributed by atoms with Crippen LogP contribution in [0.25, 0.3) is 5.00 Å². The third kappa shape index (κ3) is 11.1. The van der Waals surface area contributed by atoms with Gasteiger partial charge < -0.3 is 25.4 Å². The Labute approximate surface area is 418 Å². The number of thiophene rings is 1. The second-order valence-electron chi connectivity index (χ2n) is 20.1. The zero-order chi connectivity index (χ0) is 50.4. The maximum Gasteiger partial charge on any atom is 0.246 e. The predicted molar refractivity (Wildman–Crippen MR) is 268 cm³/mol. The number of ether oxygens (including phenoxy) is 1. The Hall–Kier alpha value is -5.75. The van der Waals surface area contributed by atoms with Crippen LogP contribution in [0, 0.1) is 32.1 Å². The molecule has 2 aliphatic heterocycles. The predicted octanol–water partition coefficient (Wildman–Crippen LogP) is 7.32. The summed E-state index contributed by atoms with van der Waals surface area (Å²) in [4.78, 5) is 63.0. The molecule has 0 radical (unpaired) electrons. The number of aliphatic hydroxyl groups excluding tert-OH is 1. The fraction of sp³-hybridized carbons (Fsp3) is 0.442. The molecule has 3 aliphatic rings. The summed E-state index contributed by atoms with van der Waals surface area (Å²) < 4.78 is 32.2. The van der Waals surface area contributed by atoms with Gasteiger partial charge in [0, 0.05) is 53.1 Å². The number of halogens is 1. The molecule has 8 rings (SSSR count). The Kier molecular flexibility index (Phi) is 14.6. The topological polar surface area (TPSA) is 202 Å². The molecule has 5 atom stereocenters. The molecule has 4 heterocycles. The molecule has 70 heavy (non-hydrogen) atoms. The summed E-state index contributed by atoms with van der Waals surface area (Å²) in [6.45, 7) is 13.3. The van der Waals surface area contributed by atoms with Gasteiger partial charge in [0.25, 0.3) is 0 Å². The van der Waals surface area contributed by atoms with E-state index < -0.39 is 57.3 Å². The summed E-state index contributed by atoms with van der Waals surface area (Å²) in [5.41, 5.74) is 4.52. The van der Waals surface area contributed by atoms with E-state index in [0.29, 0.717) is 34.1 Å². The maximum absolute atomic E-state index is 14.2. The van der Waals surface area contributed by atoms with E-state index in [2.05, 4.69) is 39.2 Å². The largest absolute Gasteiger partial charge is 0.490 e. The van der Waals surface area contributed by atoms with Gasteiger partial charge in [-0.2, -0.15) is 0 Å². The van der Waals surface area contributed by atoms with E-state index >= 15 is 0 Å². The zero-order valence-electron chi connectivity index (χ0n) is 40.7. The summed E-state index contributed by atoms with van der Waals surface area (Å²) in [7, 11) is -3.39. The zero-order valence-corrected chi connectivity index (χ0v) is 43.0. The number of β-amino-alcohol motifs (C(OH)–C–C–N with tert-alkyl or cyclic N) is 1. The van der Waals surface area contributed by atoms with Gasteiger partial charge >= 0.3 is 0 Å². The summed E-state index contributed by atoms with van der Waals surface area (Å²) >= 11 is 7.94. The number of nitrogens with zero attached hydrogens (tertiary/aromatic N) is 5. The number of Topliss-reactive ketones (excluding diaryl/α,β-unsaturated/α-hetero) is 1. The Bertz CT molecular complexity index is 2940. The van der Waals surface area contributed by atoms with E-state index in [1.165, 1.54) is 21.9 Å². The van der Waals surface area contributed by atoms with Crippen molar-refractivity contribution in [2.45, 2.75) is 128 Å². The molecule has 3 aromatic carbocycles.